The van der Waals surface area contributed by atoms with E-state index in [-0.39, 0.29) is 13.0 Å². The lowest BCUT2D eigenvalue weighted by Gasteiger charge is -2.11. The SMILES string of the molecule is CCCNC(CCO)C(=O)O. The van der Waals surface area contributed by atoms with E-state index in [1.807, 2.05) is 6.92 Å². The Morgan fingerprint density at radius 3 is 2.64 bits per heavy atom. The van der Waals surface area contributed by atoms with Crippen LogP contribution in [0.15, 0.2) is 0 Å². The zero-order valence-corrected chi connectivity index (χ0v) is 6.71. The molecule has 4 nitrogen and oxygen atoms in total. The third kappa shape index (κ3) is 4.75. The molecule has 0 aromatic rings. The Hall–Kier alpha value is -0.610. The number of aliphatic hydroxyl groups excluding tert-OH is 1. The van der Waals surface area contributed by atoms with E-state index in [1.54, 1.807) is 0 Å². The van der Waals surface area contributed by atoms with Gasteiger partial charge in [0.05, 0.1) is 0 Å². The van der Waals surface area contributed by atoms with Crippen LogP contribution < -0.4 is 5.32 Å². The monoisotopic (exact) mass is 161 g/mol. The van der Waals surface area contributed by atoms with Gasteiger partial charge in [-0.15, -0.1) is 0 Å². The highest BCUT2D eigenvalue weighted by atomic mass is 16.4. The van der Waals surface area contributed by atoms with Gasteiger partial charge in [0.15, 0.2) is 0 Å². The Labute approximate surface area is 66.2 Å². The predicted molar refractivity (Wildman–Crippen MR) is 41.4 cm³/mol. The molecule has 1 unspecified atom stereocenters. The highest BCUT2D eigenvalue weighted by Gasteiger charge is 2.14. The maximum atomic E-state index is 10.4. The van der Waals surface area contributed by atoms with Crippen molar-refractivity contribution in [1.82, 2.24) is 5.32 Å². The first kappa shape index (κ1) is 10.4. The number of aliphatic carboxylic acids is 1. The van der Waals surface area contributed by atoms with Gasteiger partial charge < -0.3 is 15.5 Å². The standard InChI is InChI=1S/C7H15NO3/c1-2-4-8-6(3-5-9)7(10)11/h6,8-9H,2-5H2,1H3,(H,10,11). The lowest BCUT2D eigenvalue weighted by atomic mass is 10.2. The Morgan fingerprint density at radius 2 is 2.27 bits per heavy atom. The van der Waals surface area contributed by atoms with Crippen LogP contribution in [0.4, 0.5) is 0 Å². The average molecular weight is 161 g/mol. The molecule has 0 amide bonds. The minimum atomic E-state index is -0.896. The maximum absolute atomic E-state index is 10.4. The molecule has 0 heterocycles. The highest BCUT2D eigenvalue weighted by molar-refractivity contribution is 5.73. The summed E-state index contributed by atoms with van der Waals surface area (Å²) < 4.78 is 0. The zero-order chi connectivity index (χ0) is 8.69. The van der Waals surface area contributed by atoms with Crippen LogP contribution >= 0.6 is 0 Å². The van der Waals surface area contributed by atoms with Gasteiger partial charge in [0.2, 0.25) is 0 Å². The second-order valence-electron chi connectivity index (χ2n) is 2.36. The molecule has 0 rings (SSSR count). The van der Waals surface area contributed by atoms with Gasteiger partial charge in [-0.2, -0.15) is 0 Å². The number of nitrogens with one attached hydrogen (secondary N) is 1. The molecule has 0 saturated heterocycles. The van der Waals surface area contributed by atoms with E-state index in [0.717, 1.165) is 6.42 Å². The fourth-order valence-electron chi connectivity index (χ4n) is 0.761. The Bertz CT molecular complexity index is 116. The van der Waals surface area contributed by atoms with E-state index in [1.165, 1.54) is 0 Å². The molecule has 0 aromatic carbocycles. The van der Waals surface area contributed by atoms with Gasteiger partial charge in [-0.3, -0.25) is 4.79 Å². The summed E-state index contributed by atoms with van der Waals surface area (Å²) in [6.45, 7) is 2.55. The summed E-state index contributed by atoms with van der Waals surface area (Å²) in [7, 11) is 0. The molecular weight excluding hydrogens is 146 g/mol. The summed E-state index contributed by atoms with van der Waals surface area (Å²) in [5, 5.41) is 19.8. The molecule has 0 spiro atoms. The Morgan fingerprint density at radius 1 is 1.64 bits per heavy atom. The second kappa shape index (κ2) is 6.12. The summed E-state index contributed by atoms with van der Waals surface area (Å²) in [4.78, 5) is 10.4. The lowest BCUT2D eigenvalue weighted by molar-refractivity contribution is -0.139. The predicted octanol–water partition coefficient (Wildman–Crippen LogP) is -0.178. The van der Waals surface area contributed by atoms with Crippen molar-refractivity contribution in [3.63, 3.8) is 0 Å². The lowest BCUT2D eigenvalue weighted by Crippen LogP contribution is -2.37. The van der Waals surface area contributed by atoms with Crippen LogP contribution in [0.5, 0.6) is 0 Å². The normalized spacial score (nSPS) is 12.9. The number of carbonyl (C=O) groups is 1. The number of aliphatic hydroxyl groups is 1. The molecule has 0 bridgehead atoms. The molecule has 4 heteroatoms. The van der Waals surface area contributed by atoms with Crippen LogP contribution in [0.3, 0.4) is 0 Å². The van der Waals surface area contributed by atoms with Gasteiger partial charge in [0.1, 0.15) is 6.04 Å². The molecule has 0 saturated carbocycles. The smallest absolute Gasteiger partial charge is 0.320 e. The molecule has 0 fully saturated rings. The van der Waals surface area contributed by atoms with Crippen molar-refractivity contribution in [2.75, 3.05) is 13.2 Å². The van der Waals surface area contributed by atoms with E-state index < -0.39 is 12.0 Å². The minimum Gasteiger partial charge on any atom is -0.480 e. The molecule has 0 radical (unpaired) electrons. The summed E-state index contributed by atoms with van der Waals surface area (Å²) in [6, 6.07) is -0.597. The van der Waals surface area contributed by atoms with Crippen molar-refractivity contribution in [2.24, 2.45) is 0 Å². The summed E-state index contributed by atoms with van der Waals surface area (Å²) in [5.74, 6) is -0.896. The number of carboxylic acid groups (broad SMARTS) is 1. The minimum absolute atomic E-state index is 0.0896. The van der Waals surface area contributed by atoms with E-state index in [9.17, 15) is 4.79 Å². The van der Waals surface area contributed by atoms with Gasteiger partial charge in [0, 0.05) is 6.61 Å². The van der Waals surface area contributed by atoms with Gasteiger partial charge in [-0.25, -0.2) is 0 Å². The van der Waals surface area contributed by atoms with Crippen molar-refractivity contribution in [3.05, 3.63) is 0 Å². The largest absolute Gasteiger partial charge is 0.480 e. The quantitative estimate of drug-likeness (QED) is 0.505. The fourth-order valence-corrected chi connectivity index (χ4v) is 0.761. The van der Waals surface area contributed by atoms with Crippen LogP contribution in [-0.2, 0) is 4.79 Å². The van der Waals surface area contributed by atoms with Crippen molar-refractivity contribution in [3.8, 4) is 0 Å². The molecule has 1 atom stereocenters. The third-order valence-corrected chi connectivity index (χ3v) is 1.36. The van der Waals surface area contributed by atoms with Gasteiger partial charge in [-0.1, -0.05) is 6.92 Å². The number of hydrogen-bond donors (Lipinski definition) is 3. The number of carboxylic acids is 1. The van der Waals surface area contributed by atoms with Crippen molar-refractivity contribution in [2.45, 2.75) is 25.8 Å². The van der Waals surface area contributed by atoms with Crippen LogP contribution in [-0.4, -0.2) is 35.4 Å². The van der Waals surface area contributed by atoms with E-state index in [0.29, 0.717) is 6.54 Å². The first-order valence-corrected chi connectivity index (χ1v) is 3.79. The molecular formula is C7H15NO3. The summed E-state index contributed by atoms with van der Waals surface area (Å²) in [6.07, 6.45) is 1.17. The van der Waals surface area contributed by atoms with E-state index >= 15 is 0 Å². The van der Waals surface area contributed by atoms with Gasteiger partial charge in [0.25, 0.3) is 0 Å². The first-order valence-electron chi connectivity index (χ1n) is 3.79. The van der Waals surface area contributed by atoms with Crippen LogP contribution in [0.2, 0.25) is 0 Å². The van der Waals surface area contributed by atoms with Crippen molar-refractivity contribution < 1.29 is 15.0 Å². The van der Waals surface area contributed by atoms with Crippen LogP contribution in [0.25, 0.3) is 0 Å². The summed E-state index contributed by atoms with van der Waals surface area (Å²) in [5.41, 5.74) is 0. The van der Waals surface area contributed by atoms with Gasteiger partial charge in [-0.05, 0) is 19.4 Å². The second-order valence-corrected chi connectivity index (χ2v) is 2.36. The fraction of sp³-hybridized carbons (Fsp3) is 0.857. The number of rotatable bonds is 6. The molecule has 0 aromatic heterocycles. The maximum Gasteiger partial charge on any atom is 0.320 e. The number of hydrogen-bond acceptors (Lipinski definition) is 3. The average Bonchev–Trinajstić information content (AvgIpc) is 1.97. The third-order valence-electron chi connectivity index (χ3n) is 1.36. The topological polar surface area (TPSA) is 69.6 Å². The van der Waals surface area contributed by atoms with Crippen molar-refractivity contribution in [1.29, 1.82) is 0 Å². The Balaban J connectivity index is 3.60. The van der Waals surface area contributed by atoms with E-state index in [4.69, 9.17) is 10.2 Å². The summed E-state index contributed by atoms with van der Waals surface area (Å²) >= 11 is 0. The Kier molecular flexibility index (Phi) is 5.78. The van der Waals surface area contributed by atoms with Crippen LogP contribution in [0.1, 0.15) is 19.8 Å². The van der Waals surface area contributed by atoms with Gasteiger partial charge >= 0.3 is 5.97 Å². The van der Waals surface area contributed by atoms with Crippen molar-refractivity contribution >= 4 is 5.97 Å². The molecule has 66 valence electrons. The zero-order valence-electron chi connectivity index (χ0n) is 6.71. The van der Waals surface area contributed by atoms with Crippen LogP contribution in [0, 0.1) is 0 Å². The molecule has 11 heavy (non-hydrogen) atoms. The molecule has 0 aliphatic rings. The van der Waals surface area contributed by atoms with E-state index in [2.05, 4.69) is 5.32 Å². The molecule has 3 N–H and O–H groups in total. The molecule has 0 aliphatic heterocycles. The first-order chi connectivity index (χ1) is 5.22. The molecule has 0 aliphatic carbocycles. The highest BCUT2D eigenvalue weighted by Crippen LogP contribution is 1.90.